The summed E-state index contributed by atoms with van der Waals surface area (Å²) in [7, 11) is 0. The van der Waals surface area contributed by atoms with Gasteiger partial charge in [0.25, 0.3) is 5.88 Å². The Bertz CT molecular complexity index is 2920. The summed E-state index contributed by atoms with van der Waals surface area (Å²) in [4.78, 5) is 16.4. The fourth-order valence-electron chi connectivity index (χ4n) is 8.24. The largest absolute Gasteiger partial charge is 0.434 e. The number of carbonyl (C=O) groups is 1. The van der Waals surface area contributed by atoms with Crippen molar-refractivity contribution in [2.75, 3.05) is 0 Å². The zero-order valence-electron chi connectivity index (χ0n) is 39.4. The van der Waals surface area contributed by atoms with Crippen LogP contribution in [0, 0.1) is 6.92 Å². The van der Waals surface area contributed by atoms with E-state index in [4.69, 9.17) is 4.74 Å². The van der Waals surface area contributed by atoms with Gasteiger partial charge in [0, 0.05) is 5.56 Å². The number of alkyl halides is 24. The van der Waals surface area contributed by atoms with E-state index in [0.717, 1.165) is 5.75 Å². The van der Waals surface area contributed by atoms with Crippen LogP contribution in [0.25, 0.3) is 0 Å². The molecular formula is C51H29BF24N2O2. The number of halogens is 24. The number of carbonyl (C=O) groups excluding carboxylic acids is 1. The van der Waals surface area contributed by atoms with Crippen molar-refractivity contribution in [1.29, 1.82) is 0 Å². The third kappa shape index (κ3) is 14.5. The zero-order valence-corrected chi connectivity index (χ0v) is 39.4. The fourth-order valence-corrected chi connectivity index (χ4v) is 8.24. The number of aryl methyl sites for hydroxylation is 1. The molecule has 0 saturated carbocycles. The van der Waals surface area contributed by atoms with Crippen LogP contribution in [0.4, 0.5) is 105 Å². The van der Waals surface area contributed by atoms with Crippen molar-refractivity contribution < 1.29 is 119 Å². The maximum absolute atomic E-state index is 14.2. The highest BCUT2D eigenvalue weighted by Crippen LogP contribution is 2.41. The predicted octanol–water partition coefficient (Wildman–Crippen LogP) is 14.6. The van der Waals surface area contributed by atoms with Crippen LogP contribution in [0.15, 0.2) is 146 Å². The minimum Gasteiger partial charge on any atom is -0.434 e. The molecule has 6 aromatic carbocycles. The van der Waals surface area contributed by atoms with Crippen molar-refractivity contribution in [2.24, 2.45) is 0 Å². The van der Waals surface area contributed by atoms with Crippen molar-refractivity contribution in [2.45, 2.75) is 62.9 Å². The van der Waals surface area contributed by atoms with Gasteiger partial charge in [0.2, 0.25) is 18.5 Å². The summed E-state index contributed by atoms with van der Waals surface area (Å²) in [6.07, 6.45) is -49.7. The molecular weight excluding hydrogens is 1140 g/mol. The van der Waals surface area contributed by atoms with Crippen LogP contribution in [-0.4, -0.2) is 16.9 Å². The minimum atomic E-state index is -6.13. The van der Waals surface area contributed by atoms with Gasteiger partial charge in [0.05, 0.1) is 50.7 Å². The lowest BCUT2D eigenvalue weighted by Crippen LogP contribution is -2.75. The third-order valence-electron chi connectivity index (χ3n) is 11.8. The first-order chi connectivity index (χ1) is 36.5. The van der Waals surface area contributed by atoms with Gasteiger partial charge in [-0.3, -0.25) is 4.79 Å². The van der Waals surface area contributed by atoms with Gasteiger partial charge in [-0.1, -0.05) is 96.6 Å². The predicted molar refractivity (Wildman–Crippen MR) is 237 cm³/mol. The monoisotopic (exact) mass is 1170 g/mol. The van der Waals surface area contributed by atoms with E-state index in [1.54, 1.807) is 23.2 Å². The van der Waals surface area contributed by atoms with Gasteiger partial charge < -0.3 is 4.74 Å². The van der Waals surface area contributed by atoms with Crippen LogP contribution in [0.1, 0.15) is 60.4 Å². The average Bonchev–Trinajstić information content (AvgIpc) is 3.33. The highest BCUT2D eigenvalue weighted by Gasteiger charge is 2.47. The number of ether oxygens (including phenoxy) is 1. The average molecular weight is 1170 g/mol. The first-order valence-corrected chi connectivity index (χ1v) is 22.0. The molecule has 0 aliphatic heterocycles. The van der Waals surface area contributed by atoms with Crippen LogP contribution in [0.5, 0.6) is 11.6 Å². The van der Waals surface area contributed by atoms with Crippen molar-refractivity contribution in [3.63, 3.8) is 0 Å². The molecule has 1 aromatic heterocycles. The normalized spacial score (nSPS) is 13.2. The molecule has 0 N–H and O–H groups in total. The molecule has 7 aromatic rings. The molecule has 0 saturated heterocycles. The fraction of sp³-hybridized carbons (Fsp3) is 0.196. The number of nitrogens with zero attached hydrogens (tertiary/aromatic N) is 2. The summed E-state index contributed by atoms with van der Waals surface area (Å²) in [6.45, 7) is 2.27. The van der Waals surface area contributed by atoms with E-state index in [1.165, 1.54) is 5.56 Å². The topological polar surface area (TPSA) is 43.1 Å². The summed E-state index contributed by atoms with van der Waals surface area (Å²) < 4.78 is 348. The van der Waals surface area contributed by atoms with E-state index in [1.807, 2.05) is 61.5 Å². The summed E-state index contributed by atoms with van der Waals surface area (Å²) in [6, 6.07) is 8.16. The SMILES string of the molecule is Cc1ccc(Oc2c[n+](CC(=O)c3ccccc3)ccn2)cc1.FC(F)(F)c1cc([B-](c2cc(C(F)(F)F)cc(C(F)(F)F)c2)(c2cc(C(F)(F)F)cc(C(F)(F)F)c2)c2cc(C(F)(F)F)cc(C(F)(F)F)c2)cc(C(F)(F)F)c1. The van der Waals surface area contributed by atoms with E-state index in [-0.39, 0.29) is 12.3 Å². The van der Waals surface area contributed by atoms with Gasteiger partial charge in [0.15, 0.2) is 6.20 Å². The van der Waals surface area contributed by atoms with E-state index >= 15 is 0 Å². The lowest BCUT2D eigenvalue weighted by molar-refractivity contribution is -0.683. The molecule has 0 aliphatic carbocycles. The Hall–Kier alpha value is -7.75. The van der Waals surface area contributed by atoms with Crippen LogP contribution in [0.2, 0.25) is 0 Å². The third-order valence-corrected chi connectivity index (χ3v) is 11.8. The number of ketones is 1. The Morgan fingerprint density at radius 1 is 0.425 bits per heavy atom. The highest BCUT2D eigenvalue weighted by molar-refractivity contribution is 7.20. The Labute approximate surface area is 433 Å². The molecule has 426 valence electrons. The molecule has 7 rings (SSSR count). The maximum Gasteiger partial charge on any atom is 0.416 e. The number of aromatic nitrogens is 2. The summed E-state index contributed by atoms with van der Waals surface area (Å²) >= 11 is 0. The van der Waals surface area contributed by atoms with E-state index in [2.05, 4.69) is 4.98 Å². The first kappa shape index (κ1) is 61.5. The Kier molecular flexibility index (Phi) is 16.7. The number of rotatable bonds is 9. The molecule has 0 atom stereocenters. The molecule has 0 unspecified atom stereocenters. The van der Waals surface area contributed by atoms with Crippen molar-refractivity contribution in [3.05, 3.63) is 202 Å². The Morgan fingerprint density at radius 2 is 0.713 bits per heavy atom. The maximum atomic E-state index is 14.2. The molecule has 4 nitrogen and oxygen atoms in total. The summed E-state index contributed by atoms with van der Waals surface area (Å²) in [5, 5.41) is 0. The molecule has 1 heterocycles. The van der Waals surface area contributed by atoms with Gasteiger partial charge in [-0.15, -0.1) is 0 Å². The first-order valence-electron chi connectivity index (χ1n) is 22.0. The quantitative estimate of drug-likeness (QED) is 0.0626. The zero-order chi connectivity index (χ0) is 60.0. The van der Waals surface area contributed by atoms with E-state index in [0.29, 0.717) is 11.4 Å². The highest BCUT2D eigenvalue weighted by atomic mass is 19.4. The van der Waals surface area contributed by atoms with Crippen LogP contribution >= 0.6 is 0 Å². The van der Waals surface area contributed by atoms with Crippen LogP contribution < -0.4 is 31.2 Å². The smallest absolute Gasteiger partial charge is 0.416 e. The van der Waals surface area contributed by atoms with E-state index in [9.17, 15) is 110 Å². The Morgan fingerprint density at radius 3 is 0.988 bits per heavy atom. The molecule has 0 bridgehead atoms. The standard InChI is InChI=1S/C32H12BF24.C19H17N2O2/c34-25(35,36)13-1-14(26(37,38)39)6-21(5-13)33(22-7-15(27(40,41)42)2-16(8-22)28(43,44)45,23-9-17(29(46,47)48)3-18(10-23)30(49,50)51)24-11-19(31(52,53)54)4-20(12-24)32(55,56)57;1-15-7-9-17(10-8-15)23-19-14-21(12-11-20-19)13-18(22)16-5-3-2-4-6-16/h1-12H;2-12,14H,13H2,1H3/q-1;+1. The minimum absolute atomic E-state index is 0.0445. The van der Waals surface area contributed by atoms with Crippen molar-refractivity contribution >= 4 is 33.8 Å². The molecule has 80 heavy (non-hydrogen) atoms. The summed E-state index contributed by atoms with van der Waals surface area (Å²) in [5.74, 6) is 1.22. The van der Waals surface area contributed by atoms with Gasteiger partial charge in [-0.05, 0) is 43.3 Å². The van der Waals surface area contributed by atoms with Gasteiger partial charge in [0.1, 0.15) is 11.9 Å². The second-order valence-electron chi connectivity index (χ2n) is 17.5. The van der Waals surface area contributed by atoms with Crippen molar-refractivity contribution in [1.82, 2.24) is 4.98 Å². The van der Waals surface area contributed by atoms with Crippen LogP contribution in [0.3, 0.4) is 0 Å². The molecule has 0 fully saturated rings. The lowest BCUT2D eigenvalue weighted by atomic mass is 9.12. The Balaban J connectivity index is 0.000000370. The molecule has 0 aliphatic rings. The second-order valence-corrected chi connectivity index (χ2v) is 17.5. The van der Waals surface area contributed by atoms with Gasteiger partial charge in [-0.25, -0.2) is 4.98 Å². The molecule has 0 amide bonds. The van der Waals surface area contributed by atoms with Crippen LogP contribution in [-0.2, 0) is 56.0 Å². The van der Waals surface area contributed by atoms with Gasteiger partial charge >= 0.3 is 49.4 Å². The molecule has 0 spiro atoms. The van der Waals surface area contributed by atoms with Gasteiger partial charge in [-0.2, -0.15) is 132 Å². The number of hydrogen-bond acceptors (Lipinski definition) is 3. The van der Waals surface area contributed by atoms with Crippen molar-refractivity contribution in [3.8, 4) is 11.6 Å². The molecule has 29 heteroatoms. The van der Waals surface area contributed by atoms with E-state index < -0.39 is 195 Å². The number of hydrogen-bond donors (Lipinski definition) is 0. The number of benzene rings is 6. The summed E-state index contributed by atoms with van der Waals surface area (Å²) in [5.41, 5.74) is -28.3. The second kappa shape index (κ2) is 21.7. The number of Topliss-reactive ketones (excluding diaryl/α,β-unsaturated/α-hetero) is 1. The lowest BCUT2D eigenvalue weighted by Gasteiger charge is -2.46. The molecule has 0 radical (unpaired) electrons.